The molecule has 1 atom stereocenters. The summed E-state index contributed by atoms with van der Waals surface area (Å²) in [5, 5.41) is 19.4. The molecule has 0 saturated carbocycles. The Hall–Kier alpha value is -3.12. The molecule has 1 amide bonds. The van der Waals surface area contributed by atoms with Crippen LogP contribution < -0.4 is 10.1 Å². The third kappa shape index (κ3) is 4.74. The number of carbonyl (C=O) groups is 1. The number of aliphatic hydroxyl groups excluding tert-OH is 1. The van der Waals surface area contributed by atoms with E-state index in [0.717, 1.165) is 16.9 Å². The Morgan fingerprint density at radius 2 is 1.85 bits per heavy atom. The molecule has 3 N–H and O–H groups in total. The van der Waals surface area contributed by atoms with Gasteiger partial charge in [0, 0.05) is 5.56 Å². The lowest BCUT2D eigenvalue weighted by atomic mass is 10.1. The quantitative estimate of drug-likeness (QED) is 0.599. The number of nitrogens with zero attached hydrogens (tertiary/aromatic N) is 1. The van der Waals surface area contributed by atoms with E-state index in [0.29, 0.717) is 11.4 Å². The fraction of sp³-hybridized carbons (Fsp3) is 0.238. The van der Waals surface area contributed by atoms with E-state index in [1.54, 1.807) is 6.07 Å². The van der Waals surface area contributed by atoms with Crippen LogP contribution in [0.15, 0.2) is 60.7 Å². The van der Waals surface area contributed by atoms with Crippen molar-refractivity contribution in [3.8, 4) is 17.0 Å². The van der Waals surface area contributed by atoms with E-state index in [2.05, 4.69) is 15.5 Å². The molecule has 1 heterocycles. The summed E-state index contributed by atoms with van der Waals surface area (Å²) in [6, 6.07) is 18.1. The van der Waals surface area contributed by atoms with Gasteiger partial charge in [0.05, 0.1) is 24.4 Å². The maximum absolute atomic E-state index is 12.5. The standard InChI is InChI=1S/C21H23N3O3/c1-14(2)27-17-10-8-16(9-11-17)18-12-19(24-23-18)21(26)22-20(13-25)15-6-4-3-5-7-15/h3-12,14,20,25H,13H2,1-2H3,(H,22,26)(H,23,24)/t20-/m1/s1. The van der Waals surface area contributed by atoms with Crippen molar-refractivity contribution in [2.75, 3.05) is 6.61 Å². The number of aliphatic hydroxyl groups is 1. The number of aromatic amines is 1. The number of H-pyrrole nitrogens is 1. The summed E-state index contributed by atoms with van der Waals surface area (Å²) in [7, 11) is 0. The van der Waals surface area contributed by atoms with Crippen LogP contribution in [0, 0.1) is 0 Å². The second-order valence-corrected chi connectivity index (χ2v) is 6.48. The van der Waals surface area contributed by atoms with E-state index in [4.69, 9.17) is 4.74 Å². The average molecular weight is 365 g/mol. The molecule has 0 bridgehead atoms. The molecule has 1 aromatic heterocycles. The molecule has 27 heavy (non-hydrogen) atoms. The third-order valence-electron chi connectivity index (χ3n) is 4.03. The molecular weight excluding hydrogens is 342 g/mol. The molecule has 6 heteroatoms. The molecule has 0 saturated heterocycles. The van der Waals surface area contributed by atoms with Gasteiger partial charge in [0.1, 0.15) is 11.4 Å². The Morgan fingerprint density at radius 1 is 1.15 bits per heavy atom. The highest BCUT2D eigenvalue weighted by Crippen LogP contribution is 2.22. The van der Waals surface area contributed by atoms with Gasteiger partial charge in [-0.3, -0.25) is 9.89 Å². The van der Waals surface area contributed by atoms with Crippen LogP contribution >= 0.6 is 0 Å². The van der Waals surface area contributed by atoms with E-state index in [-0.39, 0.29) is 18.6 Å². The summed E-state index contributed by atoms with van der Waals surface area (Å²) in [6.45, 7) is 3.76. The molecule has 0 aliphatic carbocycles. The van der Waals surface area contributed by atoms with Crippen LogP contribution in [-0.2, 0) is 0 Å². The molecule has 3 aromatic rings. The minimum Gasteiger partial charge on any atom is -0.491 e. The molecule has 6 nitrogen and oxygen atoms in total. The van der Waals surface area contributed by atoms with E-state index >= 15 is 0 Å². The van der Waals surface area contributed by atoms with Gasteiger partial charge in [0.2, 0.25) is 0 Å². The van der Waals surface area contributed by atoms with Crippen molar-refractivity contribution in [1.82, 2.24) is 15.5 Å². The van der Waals surface area contributed by atoms with E-state index in [1.807, 2.05) is 68.4 Å². The van der Waals surface area contributed by atoms with Crippen LogP contribution in [-0.4, -0.2) is 33.9 Å². The van der Waals surface area contributed by atoms with Crippen molar-refractivity contribution < 1.29 is 14.6 Å². The number of hydrogen-bond acceptors (Lipinski definition) is 4. The average Bonchev–Trinajstić information content (AvgIpc) is 3.17. The molecule has 0 fully saturated rings. The highest BCUT2D eigenvalue weighted by Gasteiger charge is 2.17. The predicted molar refractivity (Wildman–Crippen MR) is 104 cm³/mol. The first-order chi connectivity index (χ1) is 13.1. The minimum atomic E-state index is -0.474. The number of ether oxygens (including phenoxy) is 1. The fourth-order valence-corrected chi connectivity index (χ4v) is 2.72. The zero-order valence-corrected chi connectivity index (χ0v) is 15.3. The summed E-state index contributed by atoms with van der Waals surface area (Å²) in [5.41, 5.74) is 2.72. The molecule has 0 spiro atoms. The van der Waals surface area contributed by atoms with Crippen molar-refractivity contribution >= 4 is 5.91 Å². The highest BCUT2D eigenvalue weighted by atomic mass is 16.5. The van der Waals surface area contributed by atoms with Crippen molar-refractivity contribution in [1.29, 1.82) is 0 Å². The van der Waals surface area contributed by atoms with Gasteiger partial charge in [-0.2, -0.15) is 5.10 Å². The monoisotopic (exact) mass is 365 g/mol. The summed E-state index contributed by atoms with van der Waals surface area (Å²) in [6.07, 6.45) is 0.112. The Labute approximate surface area is 158 Å². The first-order valence-electron chi connectivity index (χ1n) is 8.86. The molecule has 0 radical (unpaired) electrons. The molecular formula is C21H23N3O3. The first kappa shape index (κ1) is 18.7. The fourth-order valence-electron chi connectivity index (χ4n) is 2.72. The number of hydrogen-bond donors (Lipinski definition) is 3. The highest BCUT2D eigenvalue weighted by molar-refractivity contribution is 5.93. The lowest BCUT2D eigenvalue weighted by Gasteiger charge is -2.15. The first-order valence-corrected chi connectivity index (χ1v) is 8.86. The van der Waals surface area contributed by atoms with Crippen molar-refractivity contribution in [3.05, 3.63) is 71.9 Å². The number of aromatic nitrogens is 2. The summed E-state index contributed by atoms with van der Waals surface area (Å²) in [5.74, 6) is 0.465. The second-order valence-electron chi connectivity index (χ2n) is 6.48. The maximum Gasteiger partial charge on any atom is 0.269 e. The van der Waals surface area contributed by atoms with Crippen LogP contribution in [0.25, 0.3) is 11.3 Å². The summed E-state index contributed by atoms with van der Waals surface area (Å²) < 4.78 is 5.63. The molecule has 0 aliphatic heterocycles. The lowest BCUT2D eigenvalue weighted by molar-refractivity contribution is 0.0911. The molecule has 0 unspecified atom stereocenters. The number of carbonyl (C=O) groups excluding carboxylic acids is 1. The number of rotatable bonds is 7. The van der Waals surface area contributed by atoms with Gasteiger partial charge in [-0.15, -0.1) is 0 Å². The largest absolute Gasteiger partial charge is 0.491 e. The lowest BCUT2D eigenvalue weighted by Crippen LogP contribution is -2.31. The topological polar surface area (TPSA) is 87.2 Å². The van der Waals surface area contributed by atoms with Gasteiger partial charge >= 0.3 is 0 Å². The van der Waals surface area contributed by atoms with Crippen LogP contribution in [0.1, 0.15) is 35.9 Å². The third-order valence-corrected chi connectivity index (χ3v) is 4.03. The van der Waals surface area contributed by atoms with Gasteiger partial charge in [-0.1, -0.05) is 30.3 Å². The van der Waals surface area contributed by atoms with Crippen molar-refractivity contribution in [3.63, 3.8) is 0 Å². The van der Waals surface area contributed by atoms with Crippen LogP contribution in [0.4, 0.5) is 0 Å². The van der Waals surface area contributed by atoms with E-state index < -0.39 is 6.04 Å². The zero-order chi connectivity index (χ0) is 19.2. The molecule has 2 aromatic carbocycles. The van der Waals surface area contributed by atoms with Crippen LogP contribution in [0.5, 0.6) is 5.75 Å². The SMILES string of the molecule is CC(C)Oc1ccc(-c2cc(C(=O)N[C@H](CO)c3ccccc3)[nH]n2)cc1. The maximum atomic E-state index is 12.5. The Balaban J connectivity index is 1.70. The predicted octanol–water partition coefficient (Wildman–Crippen LogP) is 3.33. The Kier molecular flexibility index (Phi) is 5.88. The number of amides is 1. The molecule has 3 rings (SSSR count). The van der Waals surface area contributed by atoms with Gasteiger partial charge < -0.3 is 15.2 Å². The van der Waals surface area contributed by atoms with Crippen LogP contribution in [0.2, 0.25) is 0 Å². The van der Waals surface area contributed by atoms with Crippen molar-refractivity contribution in [2.45, 2.75) is 26.0 Å². The Bertz CT molecular complexity index is 873. The van der Waals surface area contributed by atoms with Crippen molar-refractivity contribution in [2.24, 2.45) is 0 Å². The zero-order valence-electron chi connectivity index (χ0n) is 15.3. The van der Waals surface area contributed by atoms with Gasteiger partial charge in [0.15, 0.2) is 0 Å². The minimum absolute atomic E-state index is 0.112. The van der Waals surface area contributed by atoms with E-state index in [9.17, 15) is 9.90 Å². The molecule has 0 aliphatic rings. The number of benzene rings is 2. The normalized spacial score (nSPS) is 12.0. The number of nitrogens with one attached hydrogen (secondary N) is 2. The second kappa shape index (κ2) is 8.51. The van der Waals surface area contributed by atoms with Gasteiger partial charge in [0.25, 0.3) is 5.91 Å². The van der Waals surface area contributed by atoms with Gasteiger partial charge in [-0.25, -0.2) is 0 Å². The van der Waals surface area contributed by atoms with Gasteiger partial charge in [-0.05, 0) is 49.7 Å². The molecule has 140 valence electrons. The summed E-state index contributed by atoms with van der Waals surface area (Å²) in [4.78, 5) is 12.5. The Morgan fingerprint density at radius 3 is 2.48 bits per heavy atom. The van der Waals surface area contributed by atoms with E-state index in [1.165, 1.54) is 0 Å². The smallest absolute Gasteiger partial charge is 0.269 e. The summed E-state index contributed by atoms with van der Waals surface area (Å²) >= 11 is 0. The van der Waals surface area contributed by atoms with Crippen LogP contribution in [0.3, 0.4) is 0 Å².